The van der Waals surface area contributed by atoms with Crippen LogP contribution in [0.2, 0.25) is 0 Å². The molecule has 2 aromatic rings. The molecule has 3 heteroatoms. The number of allylic oxidation sites excluding steroid dienone is 5. The first kappa shape index (κ1) is 19.4. The van der Waals surface area contributed by atoms with E-state index in [0.29, 0.717) is 5.92 Å². The summed E-state index contributed by atoms with van der Waals surface area (Å²) in [6.07, 6.45) is 11.7. The Morgan fingerprint density at radius 1 is 0.917 bits per heavy atom. The van der Waals surface area contributed by atoms with Gasteiger partial charge < -0.3 is 24.8 Å². The zero-order chi connectivity index (χ0) is 14.8. The molecule has 0 aromatic heterocycles. The Morgan fingerprint density at radius 3 is 2.42 bits per heavy atom. The standard InChI is InChI=1S/C16H13.C5H5.2ClH.Zr/c1-2-6-13(7-3-1)12-15-11-10-14-8-4-5-9-16(14)15;1-2-4-5-3-1;;;/h1-10,15H,12H2;1-3H,4H2;2*1H;/q;;;;+2/p-2. The summed E-state index contributed by atoms with van der Waals surface area (Å²) in [5.41, 5.74) is 4.44. The molecular weight excluding hydrogens is 414 g/mol. The van der Waals surface area contributed by atoms with Crippen LogP contribution in [0.4, 0.5) is 0 Å². The van der Waals surface area contributed by atoms with Crippen LogP contribution >= 0.6 is 0 Å². The Hall–Kier alpha value is -0.877. The SMILES string of the molecule is C1=CC[C]([Zr+2][C]2=Cc3ccccc3C2Cc2ccccc2)=C1.[Cl-].[Cl-]. The number of hydrogen-bond donors (Lipinski definition) is 0. The first-order chi connectivity index (χ1) is 10.9. The topological polar surface area (TPSA) is 0 Å². The molecule has 24 heavy (non-hydrogen) atoms. The molecule has 0 aliphatic heterocycles. The summed E-state index contributed by atoms with van der Waals surface area (Å²) in [4.78, 5) is 0. The third-order valence-corrected chi connectivity index (χ3v) is 8.04. The van der Waals surface area contributed by atoms with Crippen LogP contribution in [-0.4, -0.2) is 0 Å². The number of fused-ring (bicyclic) bond motifs is 1. The minimum atomic E-state index is -0.620. The maximum atomic E-state index is 2.49. The predicted molar refractivity (Wildman–Crippen MR) is 89.1 cm³/mol. The van der Waals surface area contributed by atoms with Crippen molar-refractivity contribution in [1.82, 2.24) is 0 Å². The molecule has 0 saturated carbocycles. The second-order valence-electron chi connectivity index (χ2n) is 5.92. The summed E-state index contributed by atoms with van der Waals surface area (Å²) >= 11 is -0.620. The quantitative estimate of drug-likeness (QED) is 0.600. The predicted octanol–water partition coefficient (Wildman–Crippen LogP) is -0.698. The molecule has 0 amide bonds. The fourth-order valence-electron chi connectivity index (χ4n) is 3.31. The van der Waals surface area contributed by atoms with Crippen molar-refractivity contribution in [2.75, 3.05) is 0 Å². The summed E-state index contributed by atoms with van der Waals surface area (Å²) in [5.74, 6) is 0.603. The van der Waals surface area contributed by atoms with E-state index in [1.54, 1.807) is 6.56 Å². The molecule has 2 aromatic carbocycles. The second kappa shape index (κ2) is 9.00. The Bertz CT molecular complexity index is 775. The van der Waals surface area contributed by atoms with Crippen LogP contribution in [0.1, 0.15) is 29.0 Å². The largest absolute Gasteiger partial charge is 1.00 e. The van der Waals surface area contributed by atoms with Crippen molar-refractivity contribution in [2.45, 2.75) is 18.8 Å². The molecule has 2 aliphatic rings. The number of halogens is 2. The second-order valence-corrected chi connectivity index (χ2v) is 9.53. The maximum absolute atomic E-state index is 2.49. The van der Waals surface area contributed by atoms with Crippen LogP contribution in [-0.2, 0) is 29.7 Å². The van der Waals surface area contributed by atoms with Gasteiger partial charge in [-0.1, -0.05) is 0 Å². The molecule has 2 aliphatic carbocycles. The van der Waals surface area contributed by atoms with Crippen molar-refractivity contribution >= 4 is 6.08 Å². The van der Waals surface area contributed by atoms with Gasteiger partial charge in [0.1, 0.15) is 0 Å². The summed E-state index contributed by atoms with van der Waals surface area (Å²) in [5, 5.41) is 0. The van der Waals surface area contributed by atoms with Gasteiger partial charge in [-0.05, 0) is 0 Å². The molecule has 0 radical (unpaired) electrons. The first-order valence-electron chi connectivity index (χ1n) is 7.87. The average Bonchev–Trinajstić information content (AvgIpc) is 3.18. The summed E-state index contributed by atoms with van der Waals surface area (Å²) in [7, 11) is 0. The fraction of sp³-hybridized carbons (Fsp3) is 0.143. The molecule has 1 atom stereocenters. The fourth-order valence-corrected chi connectivity index (χ4v) is 6.83. The normalized spacial score (nSPS) is 17.1. The number of hydrogen-bond acceptors (Lipinski definition) is 0. The first-order valence-corrected chi connectivity index (χ1v) is 10.3. The minimum absolute atomic E-state index is 0. The molecule has 120 valence electrons. The zero-order valence-corrected chi connectivity index (χ0v) is 17.2. The number of rotatable bonds is 4. The summed E-state index contributed by atoms with van der Waals surface area (Å²) in [6, 6.07) is 19.9. The van der Waals surface area contributed by atoms with Gasteiger partial charge in [0.05, 0.1) is 0 Å². The average molecular weight is 433 g/mol. The molecule has 0 fully saturated rings. The molecule has 0 nitrogen and oxygen atoms in total. The van der Waals surface area contributed by atoms with Crippen LogP contribution < -0.4 is 24.8 Å². The third kappa shape index (κ3) is 4.20. The van der Waals surface area contributed by atoms with Crippen molar-refractivity contribution in [3.63, 3.8) is 0 Å². The van der Waals surface area contributed by atoms with Crippen LogP contribution in [0.3, 0.4) is 0 Å². The third-order valence-electron chi connectivity index (χ3n) is 4.42. The smallest absolute Gasteiger partial charge is 1.00 e. The van der Waals surface area contributed by atoms with Crippen molar-refractivity contribution < 1.29 is 48.0 Å². The van der Waals surface area contributed by atoms with Gasteiger partial charge in [0.15, 0.2) is 0 Å². The molecule has 0 N–H and O–H groups in total. The molecular formula is C21H18Cl2Zr. The van der Waals surface area contributed by atoms with Crippen molar-refractivity contribution in [3.05, 3.63) is 96.1 Å². The molecule has 0 spiro atoms. The minimum Gasteiger partial charge on any atom is -1.00 e. The van der Waals surface area contributed by atoms with E-state index in [9.17, 15) is 0 Å². The Kier molecular flexibility index (Phi) is 7.29. The zero-order valence-electron chi connectivity index (χ0n) is 13.3. The maximum Gasteiger partial charge on any atom is -1.00 e. The molecule has 1 unspecified atom stereocenters. The molecule has 4 rings (SSSR count). The van der Waals surface area contributed by atoms with Gasteiger partial charge in [-0.2, -0.15) is 0 Å². The van der Waals surface area contributed by atoms with E-state index in [4.69, 9.17) is 0 Å². The monoisotopic (exact) mass is 430 g/mol. The van der Waals surface area contributed by atoms with Gasteiger partial charge >= 0.3 is 144 Å². The van der Waals surface area contributed by atoms with E-state index in [-0.39, 0.29) is 24.8 Å². The van der Waals surface area contributed by atoms with E-state index in [1.165, 1.54) is 23.1 Å². The Balaban J connectivity index is 0.00000104. The molecule has 0 heterocycles. The van der Waals surface area contributed by atoms with Gasteiger partial charge in [0, 0.05) is 0 Å². The van der Waals surface area contributed by atoms with Gasteiger partial charge in [-0.25, -0.2) is 0 Å². The van der Waals surface area contributed by atoms with Crippen molar-refractivity contribution in [2.24, 2.45) is 0 Å². The van der Waals surface area contributed by atoms with E-state index in [0.717, 1.165) is 6.42 Å². The van der Waals surface area contributed by atoms with Crippen LogP contribution in [0.5, 0.6) is 0 Å². The summed E-state index contributed by atoms with van der Waals surface area (Å²) in [6.45, 7) is 0. The van der Waals surface area contributed by atoms with E-state index >= 15 is 0 Å². The van der Waals surface area contributed by atoms with E-state index in [1.807, 2.05) is 0 Å². The van der Waals surface area contributed by atoms with Crippen LogP contribution in [0, 0.1) is 0 Å². The number of benzene rings is 2. The van der Waals surface area contributed by atoms with Gasteiger partial charge in [-0.3, -0.25) is 0 Å². The van der Waals surface area contributed by atoms with Crippen molar-refractivity contribution in [1.29, 1.82) is 0 Å². The van der Waals surface area contributed by atoms with Gasteiger partial charge in [0.2, 0.25) is 0 Å². The molecule has 0 bridgehead atoms. The van der Waals surface area contributed by atoms with Crippen LogP contribution in [0.25, 0.3) is 6.08 Å². The van der Waals surface area contributed by atoms with Crippen molar-refractivity contribution in [3.8, 4) is 0 Å². The Morgan fingerprint density at radius 2 is 1.67 bits per heavy atom. The van der Waals surface area contributed by atoms with Gasteiger partial charge in [-0.15, -0.1) is 0 Å². The summed E-state index contributed by atoms with van der Waals surface area (Å²) < 4.78 is 3.45. The van der Waals surface area contributed by atoms with Gasteiger partial charge in [0.25, 0.3) is 0 Å². The van der Waals surface area contributed by atoms with Crippen LogP contribution in [0.15, 0.2) is 79.4 Å². The van der Waals surface area contributed by atoms with E-state index in [2.05, 4.69) is 78.9 Å². The Labute approximate surface area is 168 Å². The van der Waals surface area contributed by atoms with E-state index < -0.39 is 23.2 Å². The molecule has 0 saturated heterocycles.